The Morgan fingerprint density at radius 2 is 1.90 bits per heavy atom. The van der Waals surface area contributed by atoms with Gasteiger partial charge in [-0.15, -0.1) is 0 Å². The Labute approximate surface area is 184 Å². The standard InChI is InChI=1S/C25H32N4O2/c1-27(15-16-31-21-10-9-19-7-4-5-8-20(19)17-21)13-6-14-28(2)25(30)23-18-22(23)24-11-12-26-29(24)3/h4-5,7-12,17,22-23H,6,13-16,18H2,1-3H3/t22-,23-/m1/s1. The average molecular weight is 421 g/mol. The Balaban J connectivity index is 1.13. The van der Waals surface area contributed by atoms with E-state index in [1.807, 2.05) is 47.9 Å². The fourth-order valence-corrected chi connectivity index (χ4v) is 4.20. The molecule has 31 heavy (non-hydrogen) atoms. The number of likely N-dealkylation sites (N-methyl/N-ethyl adjacent to an activating group) is 1. The molecule has 6 nitrogen and oxygen atoms in total. The smallest absolute Gasteiger partial charge is 0.226 e. The molecule has 0 N–H and O–H groups in total. The van der Waals surface area contributed by atoms with Gasteiger partial charge in [0.25, 0.3) is 0 Å². The van der Waals surface area contributed by atoms with Gasteiger partial charge in [0.05, 0.1) is 0 Å². The summed E-state index contributed by atoms with van der Waals surface area (Å²) in [6, 6.07) is 16.5. The number of aromatic nitrogens is 2. The summed E-state index contributed by atoms with van der Waals surface area (Å²) < 4.78 is 7.82. The van der Waals surface area contributed by atoms with Gasteiger partial charge in [0.15, 0.2) is 0 Å². The summed E-state index contributed by atoms with van der Waals surface area (Å²) in [5, 5.41) is 6.64. The van der Waals surface area contributed by atoms with E-state index in [4.69, 9.17) is 4.74 Å². The Bertz CT molecular complexity index is 1030. The summed E-state index contributed by atoms with van der Waals surface area (Å²) in [6.07, 6.45) is 3.70. The molecule has 1 fully saturated rings. The van der Waals surface area contributed by atoms with Crippen LogP contribution >= 0.6 is 0 Å². The number of fused-ring (bicyclic) bond motifs is 1. The summed E-state index contributed by atoms with van der Waals surface area (Å²) in [6.45, 7) is 3.23. The molecule has 1 heterocycles. The molecule has 0 aliphatic heterocycles. The molecule has 2 aromatic carbocycles. The maximum absolute atomic E-state index is 12.7. The monoisotopic (exact) mass is 420 g/mol. The van der Waals surface area contributed by atoms with Crippen molar-refractivity contribution in [3.8, 4) is 5.75 Å². The third kappa shape index (κ3) is 5.25. The highest BCUT2D eigenvalue weighted by Gasteiger charge is 2.46. The molecular formula is C25H32N4O2. The molecule has 164 valence electrons. The maximum Gasteiger partial charge on any atom is 0.226 e. The molecule has 1 amide bonds. The van der Waals surface area contributed by atoms with Crippen LogP contribution in [0.1, 0.15) is 24.5 Å². The van der Waals surface area contributed by atoms with Crippen molar-refractivity contribution in [1.29, 1.82) is 0 Å². The van der Waals surface area contributed by atoms with Crippen LogP contribution in [0.3, 0.4) is 0 Å². The van der Waals surface area contributed by atoms with Gasteiger partial charge in [-0.3, -0.25) is 9.48 Å². The molecule has 1 aliphatic carbocycles. The summed E-state index contributed by atoms with van der Waals surface area (Å²) in [7, 11) is 5.97. The highest BCUT2D eigenvalue weighted by atomic mass is 16.5. The molecule has 0 radical (unpaired) electrons. The number of carbonyl (C=O) groups excluding carboxylic acids is 1. The van der Waals surface area contributed by atoms with Crippen LogP contribution in [0.2, 0.25) is 0 Å². The van der Waals surface area contributed by atoms with Crippen molar-refractivity contribution in [2.45, 2.75) is 18.8 Å². The number of nitrogens with zero attached hydrogens (tertiary/aromatic N) is 4. The maximum atomic E-state index is 12.7. The number of rotatable bonds is 10. The molecular weight excluding hydrogens is 388 g/mol. The number of hydrogen-bond donors (Lipinski definition) is 0. The molecule has 6 heteroatoms. The second-order valence-corrected chi connectivity index (χ2v) is 8.60. The van der Waals surface area contributed by atoms with E-state index in [-0.39, 0.29) is 11.8 Å². The average Bonchev–Trinajstić information content (AvgIpc) is 3.45. The minimum atomic E-state index is 0.119. The Hall–Kier alpha value is -2.86. The molecule has 0 saturated heterocycles. The third-order valence-electron chi connectivity index (χ3n) is 6.22. The first-order valence-electron chi connectivity index (χ1n) is 11.1. The SMILES string of the molecule is CN(CCCN(C)C(=O)[C@@H]1C[C@H]1c1ccnn1C)CCOc1ccc2ccccc2c1. The lowest BCUT2D eigenvalue weighted by Gasteiger charge is -2.21. The number of amides is 1. The van der Waals surface area contributed by atoms with Crippen molar-refractivity contribution < 1.29 is 9.53 Å². The second kappa shape index (κ2) is 9.52. The quantitative estimate of drug-likeness (QED) is 0.503. The van der Waals surface area contributed by atoms with Gasteiger partial charge in [0.2, 0.25) is 5.91 Å². The van der Waals surface area contributed by atoms with Crippen molar-refractivity contribution in [3.05, 3.63) is 60.4 Å². The number of aryl methyl sites for hydroxylation is 1. The minimum absolute atomic E-state index is 0.119. The first-order chi connectivity index (χ1) is 15.0. The molecule has 2 atom stereocenters. The first kappa shape index (κ1) is 21.4. The molecule has 1 saturated carbocycles. The first-order valence-corrected chi connectivity index (χ1v) is 11.1. The van der Waals surface area contributed by atoms with Crippen molar-refractivity contribution in [3.63, 3.8) is 0 Å². The molecule has 3 aromatic rings. The van der Waals surface area contributed by atoms with Crippen molar-refractivity contribution in [1.82, 2.24) is 19.6 Å². The largest absolute Gasteiger partial charge is 0.492 e. The fraction of sp³-hybridized carbons (Fsp3) is 0.440. The zero-order valence-electron chi connectivity index (χ0n) is 18.7. The van der Waals surface area contributed by atoms with Gasteiger partial charge in [-0.1, -0.05) is 30.3 Å². The van der Waals surface area contributed by atoms with E-state index in [0.717, 1.165) is 43.9 Å². The van der Waals surface area contributed by atoms with E-state index in [0.29, 0.717) is 12.5 Å². The van der Waals surface area contributed by atoms with Crippen molar-refractivity contribution in [2.75, 3.05) is 40.3 Å². The molecule has 1 aromatic heterocycles. The molecule has 4 rings (SSSR count). The van der Waals surface area contributed by atoms with Crippen LogP contribution in [0.4, 0.5) is 0 Å². The fourth-order valence-electron chi connectivity index (χ4n) is 4.20. The predicted molar refractivity (Wildman–Crippen MR) is 123 cm³/mol. The predicted octanol–water partition coefficient (Wildman–Crippen LogP) is 3.54. The number of benzene rings is 2. The summed E-state index contributed by atoms with van der Waals surface area (Å²) in [4.78, 5) is 16.8. The summed E-state index contributed by atoms with van der Waals surface area (Å²) >= 11 is 0. The topological polar surface area (TPSA) is 50.6 Å². The summed E-state index contributed by atoms with van der Waals surface area (Å²) in [5.41, 5.74) is 1.16. The zero-order chi connectivity index (χ0) is 21.8. The van der Waals surface area contributed by atoms with E-state index in [1.165, 1.54) is 10.8 Å². The van der Waals surface area contributed by atoms with Crippen LogP contribution in [-0.2, 0) is 11.8 Å². The zero-order valence-corrected chi connectivity index (χ0v) is 18.7. The van der Waals surface area contributed by atoms with Crippen LogP contribution in [0, 0.1) is 5.92 Å². The van der Waals surface area contributed by atoms with Crippen LogP contribution in [0.15, 0.2) is 54.7 Å². The van der Waals surface area contributed by atoms with Crippen molar-refractivity contribution >= 4 is 16.7 Å². The van der Waals surface area contributed by atoms with Gasteiger partial charge in [-0.2, -0.15) is 5.10 Å². The van der Waals surface area contributed by atoms with Gasteiger partial charge in [0.1, 0.15) is 12.4 Å². The van der Waals surface area contributed by atoms with Gasteiger partial charge in [0, 0.05) is 50.9 Å². The van der Waals surface area contributed by atoms with Crippen LogP contribution in [0.25, 0.3) is 10.8 Å². The van der Waals surface area contributed by atoms with E-state index in [2.05, 4.69) is 41.3 Å². The van der Waals surface area contributed by atoms with Crippen LogP contribution < -0.4 is 4.74 Å². The lowest BCUT2D eigenvalue weighted by atomic mass is 10.1. The lowest BCUT2D eigenvalue weighted by Crippen LogP contribution is -2.32. The molecule has 1 aliphatic rings. The Morgan fingerprint density at radius 3 is 2.68 bits per heavy atom. The molecule has 0 unspecified atom stereocenters. The van der Waals surface area contributed by atoms with E-state index in [9.17, 15) is 4.79 Å². The van der Waals surface area contributed by atoms with E-state index >= 15 is 0 Å². The number of carbonyl (C=O) groups is 1. The molecule has 0 bridgehead atoms. The van der Waals surface area contributed by atoms with Gasteiger partial charge in [-0.05, 0) is 55.4 Å². The summed E-state index contributed by atoms with van der Waals surface area (Å²) in [5.74, 6) is 1.61. The van der Waals surface area contributed by atoms with E-state index in [1.54, 1.807) is 6.20 Å². The minimum Gasteiger partial charge on any atom is -0.492 e. The normalized spacial score (nSPS) is 17.8. The van der Waals surface area contributed by atoms with Gasteiger partial charge in [-0.25, -0.2) is 0 Å². The van der Waals surface area contributed by atoms with E-state index < -0.39 is 0 Å². The number of ether oxygens (including phenoxy) is 1. The second-order valence-electron chi connectivity index (χ2n) is 8.60. The Kier molecular flexibility index (Phi) is 6.56. The Morgan fingerprint density at radius 1 is 1.10 bits per heavy atom. The number of hydrogen-bond acceptors (Lipinski definition) is 4. The van der Waals surface area contributed by atoms with Crippen molar-refractivity contribution in [2.24, 2.45) is 13.0 Å². The highest BCUT2D eigenvalue weighted by Crippen LogP contribution is 2.48. The van der Waals surface area contributed by atoms with Crippen LogP contribution in [-0.4, -0.2) is 65.8 Å². The van der Waals surface area contributed by atoms with Crippen LogP contribution in [0.5, 0.6) is 5.75 Å². The lowest BCUT2D eigenvalue weighted by molar-refractivity contribution is -0.131. The highest BCUT2D eigenvalue weighted by molar-refractivity contribution is 5.84. The van der Waals surface area contributed by atoms with Gasteiger partial charge >= 0.3 is 0 Å². The van der Waals surface area contributed by atoms with Gasteiger partial charge < -0.3 is 14.5 Å². The molecule has 0 spiro atoms. The third-order valence-corrected chi connectivity index (χ3v) is 6.22.